The van der Waals surface area contributed by atoms with Gasteiger partial charge in [-0.25, -0.2) is 8.57 Å². The molecule has 0 N–H and O–H groups in total. The molecular formula is C30H38BrNO2SSi. The van der Waals surface area contributed by atoms with Crippen LogP contribution in [0.3, 0.4) is 0 Å². The Morgan fingerprint density at radius 2 is 1.42 bits per heavy atom. The zero-order valence-electron chi connectivity index (χ0n) is 22.0. The second-order valence-electron chi connectivity index (χ2n) is 9.15. The molecule has 3 nitrogen and oxygen atoms in total. The van der Waals surface area contributed by atoms with Crippen LogP contribution in [0, 0.1) is 0 Å². The van der Waals surface area contributed by atoms with Crippen LogP contribution in [0.4, 0.5) is 0 Å². The van der Waals surface area contributed by atoms with Gasteiger partial charge in [0.05, 0.1) is 20.7 Å². The fourth-order valence-corrected chi connectivity index (χ4v) is 9.48. The van der Waals surface area contributed by atoms with E-state index in [9.17, 15) is 4.21 Å². The van der Waals surface area contributed by atoms with Gasteiger partial charge in [0.15, 0.2) is 8.32 Å². The molecule has 0 radical (unpaired) electrons. The highest BCUT2D eigenvalue weighted by molar-refractivity contribution is 9.10. The van der Waals surface area contributed by atoms with Crippen molar-refractivity contribution in [3.8, 4) is 0 Å². The van der Waals surface area contributed by atoms with Crippen LogP contribution in [0.15, 0.2) is 110 Å². The molecule has 3 aromatic rings. The first-order chi connectivity index (χ1) is 17.3. The number of hydrogen-bond donors (Lipinski definition) is 0. The lowest BCUT2D eigenvalue weighted by Gasteiger charge is -2.38. The molecule has 0 spiro atoms. The fraction of sp³-hybridized carbons (Fsp3) is 0.333. The Labute approximate surface area is 227 Å². The SMILES string of the molecule is CC[Si](CC)(CC)O[C@@H](c1ccc(Br)cc1)[C@@H](/C(C)=C/S(=O)(=NC)c1ccccc1)c1ccccc1. The van der Waals surface area contributed by atoms with Gasteiger partial charge in [-0.2, -0.15) is 0 Å². The first-order valence-electron chi connectivity index (χ1n) is 12.7. The van der Waals surface area contributed by atoms with Crippen LogP contribution >= 0.6 is 15.9 Å². The molecule has 192 valence electrons. The average Bonchev–Trinajstić information content (AvgIpc) is 2.92. The lowest BCUT2D eigenvalue weighted by molar-refractivity contribution is 0.170. The van der Waals surface area contributed by atoms with Crippen molar-refractivity contribution in [1.29, 1.82) is 0 Å². The lowest BCUT2D eigenvalue weighted by Crippen LogP contribution is -2.39. The van der Waals surface area contributed by atoms with Gasteiger partial charge in [0.25, 0.3) is 0 Å². The molecule has 0 aliphatic rings. The van der Waals surface area contributed by atoms with Crippen molar-refractivity contribution in [2.24, 2.45) is 4.36 Å². The lowest BCUT2D eigenvalue weighted by atomic mass is 9.84. The molecule has 0 aromatic heterocycles. The molecule has 0 amide bonds. The number of halogens is 1. The quantitative estimate of drug-likeness (QED) is 0.211. The first-order valence-corrected chi connectivity index (χ1v) is 17.6. The topological polar surface area (TPSA) is 38.7 Å². The van der Waals surface area contributed by atoms with E-state index in [0.29, 0.717) is 0 Å². The summed E-state index contributed by atoms with van der Waals surface area (Å²) in [6.07, 6.45) is -0.195. The molecule has 3 rings (SSSR count). The minimum atomic E-state index is -2.73. The molecule has 1 unspecified atom stereocenters. The second-order valence-corrected chi connectivity index (χ2v) is 17.0. The van der Waals surface area contributed by atoms with E-state index in [1.54, 1.807) is 7.05 Å². The summed E-state index contributed by atoms with van der Waals surface area (Å²) >= 11 is 3.59. The molecular weight excluding hydrogens is 546 g/mol. The molecule has 0 aliphatic heterocycles. The predicted molar refractivity (Wildman–Crippen MR) is 159 cm³/mol. The molecule has 0 bridgehead atoms. The summed E-state index contributed by atoms with van der Waals surface area (Å²) in [5.74, 6) is -0.102. The van der Waals surface area contributed by atoms with Crippen molar-refractivity contribution in [3.05, 3.63) is 112 Å². The molecule has 36 heavy (non-hydrogen) atoms. The maximum absolute atomic E-state index is 14.1. The third-order valence-corrected chi connectivity index (χ3v) is 14.5. The van der Waals surface area contributed by atoms with Crippen LogP contribution < -0.4 is 0 Å². The normalized spacial score (nSPS) is 15.7. The maximum Gasteiger partial charge on any atom is 0.192 e. The Bertz CT molecular complexity index is 1240. The van der Waals surface area contributed by atoms with Crippen molar-refractivity contribution in [2.75, 3.05) is 7.05 Å². The van der Waals surface area contributed by atoms with Gasteiger partial charge in [0.2, 0.25) is 0 Å². The van der Waals surface area contributed by atoms with Gasteiger partial charge < -0.3 is 4.43 Å². The molecule has 0 fully saturated rings. The van der Waals surface area contributed by atoms with E-state index in [-0.39, 0.29) is 12.0 Å². The Morgan fingerprint density at radius 3 is 1.92 bits per heavy atom. The van der Waals surface area contributed by atoms with Crippen LogP contribution in [0.25, 0.3) is 0 Å². The Balaban J connectivity index is 2.24. The van der Waals surface area contributed by atoms with E-state index < -0.39 is 18.0 Å². The number of nitrogens with zero attached hydrogens (tertiary/aromatic N) is 1. The van der Waals surface area contributed by atoms with E-state index in [4.69, 9.17) is 4.43 Å². The first kappa shape index (κ1) is 28.6. The molecule has 0 aliphatic carbocycles. The van der Waals surface area contributed by atoms with Gasteiger partial charge in [-0.15, -0.1) is 0 Å². The highest BCUT2D eigenvalue weighted by Crippen LogP contribution is 2.43. The average molecular weight is 585 g/mol. The van der Waals surface area contributed by atoms with E-state index >= 15 is 0 Å². The van der Waals surface area contributed by atoms with E-state index in [1.807, 2.05) is 41.8 Å². The fourth-order valence-electron chi connectivity index (χ4n) is 4.75. The summed E-state index contributed by atoms with van der Waals surface area (Å²) < 4.78 is 26.8. The molecule has 3 atom stereocenters. The van der Waals surface area contributed by atoms with Crippen LogP contribution in [-0.4, -0.2) is 19.6 Å². The second kappa shape index (κ2) is 13.0. The largest absolute Gasteiger partial charge is 0.409 e. The van der Waals surface area contributed by atoms with Gasteiger partial charge in [0, 0.05) is 22.8 Å². The number of benzene rings is 3. The zero-order chi connectivity index (χ0) is 26.2. The van der Waals surface area contributed by atoms with Crippen LogP contribution in [0.1, 0.15) is 50.8 Å². The van der Waals surface area contributed by atoms with E-state index in [1.165, 1.54) is 0 Å². The highest BCUT2D eigenvalue weighted by atomic mass is 79.9. The minimum absolute atomic E-state index is 0.102. The van der Waals surface area contributed by atoms with Crippen molar-refractivity contribution in [3.63, 3.8) is 0 Å². The molecule has 0 saturated heterocycles. The van der Waals surface area contributed by atoms with Gasteiger partial charge in [-0.3, -0.25) is 0 Å². The highest BCUT2D eigenvalue weighted by Gasteiger charge is 2.37. The molecule has 0 heterocycles. The predicted octanol–water partition coefficient (Wildman–Crippen LogP) is 9.36. The third-order valence-electron chi connectivity index (χ3n) is 7.16. The maximum atomic E-state index is 14.1. The number of rotatable bonds is 11. The van der Waals surface area contributed by atoms with Crippen LogP contribution in [-0.2, 0) is 14.2 Å². The minimum Gasteiger partial charge on any atom is -0.409 e. The van der Waals surface area contributed by atoms with Crippen molar-refractivity contribution in [1.82, 2.24) is 0 Å². The van der Waals surface area contributed by atoms with Gasteiger partial charge in [-0.05, 0) is 60.4 Å². The van der Waals surface area contributed by atoms with Crippen LogP contribution in [0.5, 0.6) is 0 Å². The summed E-state index contributed by atoms with van der Waals surface area (Å²) in [6.45, 7) is 8.86. The Morgan fingerprint density at radius 1 is 0.889 bits per heavy atom. The van der Waals surface area contributed by atoms with E-state index in [0.717, 1.165) is 44.2 Å². The Kier molecular flexibility index (Phi) is 10.3. The molecule has 3 aromatic carbocycles. The smallest absolute Gasteiger partial charge is 0.192 e. The van der Waals surface area contributed by atoms with Crippen molar-refractivity contribution in [2.45, 2.75) is 62.7 Å². The summed E-state index contributed by atoms with van der Waals surface area (Å²) in [5, 5.41) is 1.88. The Hall–Kier alpha value is -1.99. The summed E-state index contributed by atoms with van der Waals surface area (Å²) in [4.78, 5) is 0.721. The zero-order valence-corrected chi connectivity index (χ0v) is 25.4. The van der Waals surface area contributed by atoms with Gasteiger partial charge >= 0.3 is 0 Å². The molecule has 0 saturated carbocycles. The van der Waals surface area contributed by atoms with Crippen molar-refractivity contribution < 1.29 is 8.63 Å². The summed E-state index contributed by atoms with van der Waals surface area (Å²) in [5.41, 5.74) is 3.28. The van der Waals surface area contributed by atoms with Gasteiger partial charge in [-0.1, -0.05) is 103 Å². The number of hydrogen-bond acceptors (Lipinski definition) is 3. The van der Waals surface area contributed by atoms with Crippen LogP contribution in [0.2, 0.25) is 18.1 Å². The molecule has 6 heteroatoms. The third kappa shape index (κ3) is 6.65. The standard InChI is InChI=1S/C30H38BrNO2SSi/c1-6-36(7-2,8-3)34-30(26-19-21-27(31)22-20-26)29(25-15-11-9-12-16-25)24(4)23-35(33,32-5)28-17-13-10-14-18-28/h9-23,29-30H,6-8H2,1-5H3/b24-23+/t29-,30-,35?/m0/s1. The van der Waals surface area contributed by atoms with Crippen molar-refractivity contribution >= 4 is 34.0 Å². The monoisotopic (exact) mass is 583 g/mol. The summed E-state index contributed by atoms with van der Waals surface area (Å²) in [6, 6.07) is 31.6. The van der Waals surface area contributed by atoms with Gasteiger partial charge in [0.1, 0.15) is 0 Å². The van der Waals surface area contributed by atoms with E-state index in [2.05, 4.69) is 96.5 Å². The summed E-state index contributed by atoms with van der Waals surface area (Å²) in [7, 11) is -3.07.